The Bertz CT molecular complexity index is 449. The molecule has 0 aliphatic heterocycles. The van der Waals surface area contributed by atoms with Gasteiger partial charge in [0.25, 0.3) is 0 Å². The van der Waals surface area contributed by atoms with Crippen molar-refractivity contribution in [2.75, 3.05) is 0 Å². The van der Waals surface area contributed by atoms with Crippen LogP contribution in [0, 0.1) is 17.3 Å². The van der Waals surface area contributed by atoms with E-state index in [9.17, 15) is 5.11 Å². The van der Waals surface area contributed by atoms with Crippen molar-refractivity contribution >= 4 is 0 Å². The lowest BCUT2D eigenvalue weighted by Crippen LogP contribution is -2.22. The molecule has 0 radical (unpaired) electrons. The first kappa shape index (κ1) is 11.1. The molecule has 1 nitrogen and oxygen atoms in total. The molecule has 0 bridgehead atoms. The molecule has 0 aromatic heterocycles. The number of aromatic hydroxyl groups is 1. The number of fused-ring (bicyclic) bond motifs is 1. The highest BCUT2D eigenvalue weighted by Crippen LogP contribution is 2.76. The maximum atomic E-state index is 10.2. The van der Waals surface area contributed by atoms with Crippen LogP contribution in [-0.2, 0) is 5.41 Å². The van der Waals surface area contributed by atoms with Crippen LogP contribution in [0.2, 0.25) is 0 Å². The molecule has 17 heavy (non-hydrogen) atoms. The zero-order chi connectivity index (χ0) is 12.3. The highest BCUT2D eigenvalue weighted by molar-refractivity contribution is 5.48. The number of phenolic OH excluding ortho intramolecular Hbond substituents is 1. The van der Waals surface area contributed by atoms with Gasteiger partial charge in [0.2, 0.25) is 0 Å². The van der Waals surface area contributed by atoms with Gasteiger partial charge in [0.05, 0.1) is 0 Å². The summed E-state index contributed by atoms with van der Waals surface area (Å²) in [5, 5.41) is 10.2. The minimum Gasteiger partial charge on any atom is -0.508 e. The molecule has 3 rings (SSSR count). The van der Waals surface area contributed by atoms with Gasteiger partial charge >= 0.3 is 0 Å². The first-order valence-electron chi connectivity index (χ1n) is 6.78. The Balaban J connectivity index is 2.09. The maximum Gasteiger partial charge on any atom is 0.119 e. The van der Waals surface area contributed by atoms with Crippen molar-refractivity contribution in [2.24, 2.45) is 17.3 Å². The molecule has 1 heteroatoms. The maximum absolute atomic E-state index is 10.2. The lowest BCUT2D eigenvalue weighted by atomic mass is 9.76. The van der Waals surface area contributed by atoms with Crippen LogP contribution in [-0.4, -0.2) is 5.11 Å². The molecule has 92 valence electrons. The van der Waals surface area contributed by atoms with E-state index < -0.39 is 0 Å². The van der Waals surface area contributed by atoms with E-state index in [4.69, 9.17) is 0 Å². The summed E-state index contributed by atoms with van der Waals surface area (Å²) in [7, 11) is 0. The fourth-order valence-corrected chi connectivity index (χ4v) is 4.58. The third kappa shape index (κ3) is 1.26. The summed E-state index contributed by atoms with van der Waals surface area (Å²) in [5.74, 6) is 2.05. The van der Waals surface area contributed by atoms with Gasteiger partial charge in [-0.2, -0.15) is 0 Å². The van der Waals surface area contributed by atoms with E-state index in [2.05, 4.69) is 32.9 Å². The number of hydrogen-bond acceptors (Lipinski definition) is 1. The van der Waals surface area contributed by atoms with Gasteiger partial charge in [-0.1, -0.05) is 45.4 Å². The summed E-state index contributed by atoms with van der Waals surface area (Å²) < 4.78 is 0. The Labute approximate surface area is 104 Å². The minimum absolute atomic E-state index is 0.246. The van der Waals surface area contributed by atoms with Crippen molar-refractivity contribution in [2.45, 2.75) is 45.4 Å². The number of phenols is 1. The molecular weight excluding hydrogens is 208 g/mol. The van der Waals surface area contributed by atoms with Crippen molar-refractivity contribution in [3.63, 3.8) is 0 Å². The minimum atomic E-state index is 0.246. The van der Waals surface area contributed by atoms with Crippen LogP contribution in [0.4, 0.5) is 0 Å². The Morgan fingerprint density at radius 1 is 1.18 bits per heavy atom. The van der Waals surface area contributed by atoms with Crippen molar-refractivity contribution in [1.29, 1.82) is 0 Å². The van der Waals surface area contributed by atoms with E-state index in [1.54, 1.807) is 0 Å². The Morgan fingerprint density at radius 2 is 1.88 bits per heavy atom. The molecule has 3 unspecified atom stereocenters. The van der Waals surface area contributed by atoms with Gasteiger partial charge < -0.3 is 5.11 Å². The monoisotopic (exact) mass is 230 g/mol. The molecule has 2 fully saturated rings. The van der Waals surface area contributed by atoms with Gasteiger partial charge in [0, 0.05) is 11.0 Å². The van der Waals surface area contributed by atoms with Crippen LogP contribution in [0.3, 0.4) is 0 Å². The molecule has 2 saturated carbocycles. The third-order valence-corrected chi connectivity index (χ3v) is 5.54. The molecule has 2 aliphatic carbocycles. The quantitative estimate of drug-likeness (QED) is 0.770. The van der Waals surface area contributed by atoms with Gasteiger partial charge in [0.15, 0.2) is 0 Å². The zero-order valence-electron chi connectivity index (χ0n) is 11.0. The van der Waals surface area contributed by atoms with E-state index in [-0.39, 0.29) is 5.41 Å². The summed E-state index contributed by atoms with van der Waals surface area (Å²) in [6.45, 7) is 7.11. The van der Waals surface area contributed by atoms with Crippen LogP contribution < -0.4 is 0 Å². The molecule has 0 saturated heterocycles. The van der Waals surface area contributed by atoms with Crippen LogP contribution in [0.1, 0.15) is 45.6 Å². The van der Waals surface area contributed by atoms with Gasteiger partial charge in [-0.3, -0.25) is 0 Å². The van der Waals surface area contributed by atoms with Gasteiger partial charge in [-0.05, 0) is 36.2 Å². The molecule has 0 spiro atoms. The van der Waals surface area contributed by atoms with Crippen LogP contribution in [0.5, 0.6) is 5.75 Å². The average Bonchev–Trinajstić information content (AvgIpc) is 2.76. The highest BCUT2D eigenvalue weighted by atomic mass is 16.3. The topological polar surface area (TPSA) is 20.2 Å². The zero-order valence-corrected chi connectivity index (χ0v) is 11.0. The molecular formula is C16H22O. The Morgan fingerprint density at radius 3 is 2.59 bits per heavy atom. The number of rotatable bonds is 1. The first-order valence-corrected chi connectivity index (χ1v) is 6.78. The normalized spacial score (nSPS) is 38.5. The molecule has 1 aromatic rings. The van der Waals surface area contributed by atoms with Crippen molar-refractivity contribution < 1.29 is 5.11 Å². The second-order valence-corrected chi connectivity index (χ2v) is 6.65. The Kier molecular flexibility index (Phi) is 2.14. The lowest BCUT2D eigenvalue weighted by Gasteiger charge is -2.29. The van der Waals surface area contributed by atoms with Crippen LogP contribution >= 0.6 is 0 Å². The van der Waals surface area contributed by atoms with E-state index >= 15 is 0 Å². The fraction of sp³-hybridized carbons (Fsp3) is 0.625. The summed E-state index contributed by atoms with van der Waals surface area (Å²) >= 11 is 0. The summed E-state index contributed by atoms with van der Waals surface area (Å²) in [6, 6.07) is 7.96. The van der Waals surface area contributed by atoms with Gasteiger partial charge in [-0.25, -0.2) is 0 Å². The molecule has 2 aliphatic rings. The Hall–Kier alpha value is -0.980. The molecule has 0 amide bonds. The largest absolute Gasteiger partial charge is 0.508 e. The fourth-order valence-electron chi connectivity index (χ4n) is 4.58. The predicted octanol–water partition coefficient (Wildman–Crippen LogP) is 4.11. The van der Waals surface area contributed by atoms with Gasteiger partial charge in [-0.15, -0.1) is 0 Å². The highest BCUT2D eigenvalue weighted by Gasteiger charge is 2.72. The predicted molar refractivity (Wildman–Crippen MR) is 70.1 cm³/mol. The summed E-state index contributed by atoms with van der Waals surface area (Å²) in [4.78, 5) is 0. The average molecular weight is 230 g/mol. The summed E-state index contributed by atoms with van der Waals surface area (Å²) in [5.41, 5.74) is 1.80. The first-order chi connectivity index (χ1) is 8.00. The van der Waals surface area contributed by atoms with Crippen LogP contribution in [0.15, 0.2) is 24.3 Å². The lowest BCUT2D eigenvalue weighted by molar-refractivity contribution is 0.319. The molecule has 0 heterocycles. The standard InChI is InChI=1S/C16H22O/c1-11-8-9-14-15(2,3)16(14,10-11)12-6-4-5-7-13(12)17/h4-7,11,14,17H,8-10H2,1-3H3. The molecule has 1 aromatic carbocycles. The van der Waals surface area contributed by atoms with Crippen molar-refractivity contribution in [3.8, 4) is 5.75 Å². The summed E-state index contributed by atoms with van der Waals surface area (Å²) in [6.07, 6.45) is 3.91. The third-order valence-electron chi connectivity index (χ3n) is 5.54. The number of hydrogen-bond donors (Lipinski definition) is 1. The van der Waals surface area contributed by atoms with Crippen molar-refractivity contribution in [3.05, 3.63) is 29.8 Å². The second-order valence-electron chi connectivity index (χ2n) is 6.65. The van der Waals surface area contributed by atoms with E-state index in [0.29, 0.717) is 11.2 Å². The van der Waals surface area contributed by atoms with Crippen molar-refractivity contribution in [1.82, 2.24) is 0 Å². The number of para-hydroxylation sites is 1. The SMILES string of the molecule is CC1CCC2C(C)(C)C2(c2ccccc2O)C1. The van der Waals surface area contributed by atoms with Gasteiger partial charge in [0.1, 0.15) is 5.75 Å². The molecule has 3 atom stereocenters. The van der Waals surface area contributed by atoms with E-state index in [1.165, 1.54) is 24.8 Å². The van der Waals surface area contributed by atoms with Crippen LogP contribution in [0.25, 0.3) is 0 Å². The van der Waals surface area contributed by atoms with E-state index in [0.717, 1.165) is 11.8 Å². The van der Waals surface area contributed by atoms with E-state index in [1.807, 2.05) is 12.1 Å². The molecule has 1 N–H and O–H groups in total. The smallest absolute Gasteiger partial charge is 0.119 e. The second kappa shape index (κ2) is 3.28. The number of benzene rings is 1.